The summed E-state index contributed by atoms with van der Waals surface area (Å²) in [5, 5.41) is 9.48. The molecule has 0 aliphatic heterocycles. The second-order valence-corrected chi connectivity index (χ2v) is 21.7. The quantitative estimate of drug-likeness (QED) is 0.371. The first-order chi connectivity index (χ1) is 12.8. The minimum absolute atomic E-state index is 0.454. The van der Waals surface area contributed by atoms with Crippen LogP contribution in [0.4, 0.5) is 0 Å². The maximum Gasteiger partial charge on any atom is 0.313 e. The number of hydrogen-bond acceptors (Lipinski definition) is 6. The van der Waals surface area contributed by atoms with Crippen LogP contribution >= 0.6 is 0 Å². The van der Waals surface area contributed by atoms with Crippen molar-refractivity contribution >= 4 is 25.2 Å². The number of methoxy groups -OCH3 is 2. The van der Waals surface area contributed by atoms with Gasteiger partial charge in [-0.1, -0.05) is 6.07 Å². The Morgan fingerprint density at radius 3 is 2.11 bits per heavy atom. The summed E-state index contributed by atoms with van der Waals surface area (Å²) < 4.78 is 28.3. The van der Waals surface area contributed by atoms with Gasteiger partial charge in [0.2, 0.25) is 0 Å². The normalized spacial score (nSPS) is 14.1. The van der Waals surface area contributed by atoms with E-state index in [4.69, 9.17) is 22.4 Å². The van der Waals surface area contributed by atoms with E-state index in [-0.39, 0.29) is 0 Å². The highest BCUT2D eigenvalue weighted by atomic mass is 28.5. The third-order valence-corrected chi connectivity index (χ3v) is 14.1. The predicted octanol–water partition coefficient (Wildman–Crippen LogP) is 4.70. The van der Waals surface area contributed by atoms with Crippen LogP contribution in [0.2, 0.25) is 51.9 Å². The Kier molecular flexibility index (Phi) is 9.39. The SMILES string of the molecule is COc1cc(CCC[Si](C)(C)O[Si](C)(C)O[Si](C)(C)C)ccc1OC(O)OC. The summed E-state index contributed by atoms with van der Waals surface area (Å²) in [7, 11) is -2.54. The molecule has 0 amide bonds. The molecule has 28 heavy (non-hydrogen) atoms. The van der Waals surface area contributed by atoms with Gasteiger partial charge in [-0.3, -0.25) is 0 Å². The molecule has 0 saturated heterocycles. The highest BCUT2D eigenvalue weighted by Gasteiger charge is 2.37. The van der Waals surface area contributed by atoms with Gasteiger partial charge in [-0.2, -0.15) is 0 Å². The molecule has 0 bridgehead atoms. The zero-order chi connectivity index (χ0) is 21.6. The van der Waals surface area contributed by atoms with Crippen molar-refractivity contribution in [2.75, 3.05) is 14.2 Å². The van der Waals surface area contributed by atoms with Crippen LogP contribution in [0.3, 0.4) is 0 Å². The topological polar surface area (TPSA) is 66.4 Å². The Hall–Kier alpha value is -0.689. The van der Waals surface area contributed by atoms with Gasteiger partial charge in [0.15, 0.2) is 28.1 Å². The zero-order valence-electron chi connectivity index (χ0n) is 18.9. The van der Waals surface area contributed by atoms with Crippen molar-refractivity contribution in [3.8, 4) is 11.5 Å². The molecule has 1 N–H and O–H groups in total. The van der Waals surface area contributed by atoms with E-state index in [1.807, 2.05) is 12.1 Å². The lowest BCUT2D eigenvalue weighted by molar-refractivity contribution is -0.200. The molecule has 9 heteroatoms. The molecule has 0 saturated carbocycles. The molecule has 0 spiro atoms. The van der Waals surface area contributed by atoms with Gasteiger partial charge in [-0.15, -0.1) is 0 Å². The fourth-order valence-corrected chi connectivity index (χ4v) is 16.5. The summed E-state index contributed by atoms with van der Waals surface area (Å²) in [6, 6.07) is 6.80. The van der Waals surface area contributed by atoms with Gasteiger partial charge < -0.3 is 27.5 Å². The number of aliphatic hydroxyl groups excluding tert-OH is 1. The summed E-state index contributed by atoms with van der Waals surface area (Å²) in [6.45, 7) is 14.2. The second-order valence-electron chi connectivity index (χ2n) is 8.98. The second kappa shape index (κ2) is 10.4. The van der Waals surface area contributed by atoms with Crippen LogP contribution in [-0.2, 0) is 19.4 Å². The van der Waals surface area contributed by atoms with Crippen LogP contribution in [0.15, 0.2) is 18.2 Å². The molecule has 0 aliphatic carbocycles. The molecule has 162 valence electrons. The molecule has 1 atom stereocenters. The Balaban J connectivity index is 2.64. The smallest absolute Gasteiger partial charge is 0.313 e. The van der Waals surface area contributed by atoms with Crippen molar-refractivity contribution < 1.29 is 27.5 Å². The summed E-state index contributed by atoms with van der Waals surface area (Å²) >= 11 is 0. The first-order valence-electron chi connectivity index (χ1n) is 9.72. The summed E-state index contributed by atoms with van der Waals surface area (Å²) in [5.41, 5.74) is 1.16. The monoisotopic (exact) mass is 446 g/mol. The van der Waals surface area contributed by atoms with E-state index >= 15 is 0 Å². The molecule has 0 fully saturated rings. The predicted molar refractivity (Wildman–Crippen MR) is 120 cm³/mol. The van der Waals surface area contributed by atoms with E-state index in [1.165, 1.54) is 7.11 Å². The largest absolute Gasteiger partial charge is 0.493 e. The molecule has 0 radical (unpaired) electrons. The minimum atomic E-state index is -2.09. The summed E-state index contributed by atoms with van der Waals surface area (Å²) in [4.78, 5) is 0. The average Bonchev–Trinajstić information content (AvgIpc) is 2.52. The van der Waals surface area contributed by atoms with Crippen molar-refractivity contribution in [3.63, 3.8) is 0 Å². The van der Waals surface area contributed by atoms with Crippen molar-refractivity contribution in [1.29, 1.82) is 0 Å². The summed E-state index contributed by atoms with van der Waals surface area (Å²) in [5.74, 6) is 1.04. The van der Waals surface area contributed by atoms with E-state index in [0.29, 0.717) is 11.5 Å². The molecule has 1 unspecified atom stereocenters. The number of benzene rings is 1. The van der Waals surface area contributed by atoms with E-state index in [0.717, 1.165) is 24.4 Å². The molecule has 1 aromatic carbocycles. The molecular formula is C19H38O6Si3. The standard InChI is InChI=1S/C19H38O6Si3/c1-21-18-15-16(12-13-17(18)23-19(20)22-2)11-10-14-27(6,7)25-28(8,9)24-26(3,4)5/h12-13,15,19-20H,10-11,14H2,1-9H3. The number of aryl methyl sites for hydroxylation is 1. The van der Waals surface area contributed by atoms with Crippen LogP contribution in [0.5, 0.6) is 11.5 Å². The van der Waals surface area contributed by atoms with Gasteiger partial charge in [0.1, 0.15) is 0 Å². The lowest BCUT2D eigenvalue weighted by Gasteiger charge is -2.37. The Morgan fingerprint density at radius 1 is 0.929 bits per heavy atom. The fourth-order valence-electron chi connectivity index (χ4n) is 3.31. The number of aliphatic hydroxyl groups is 1. The zero-order valence-corrected chi connectivity index (χ0v) is 21.9. The number of rotatable bonds is 12. The van der Waals surface area contributed by atoms with E-state index in [9.17, 15) is 5.11 Å². The van der Waals surface area contributed by atoms with Crippen LogP contribution in [0.1, 0.15) is 12.0 Å². The third kappa shape index (κ3) is 9.68. The van der Waals surface area contributed by atoms with Crippen LogP contribution in [0.25, 0.3) is 0 Å². The number of ether oxygens (including phenoxy) is 3. The number of hydrogen-bond donors (Lipinski definition) is 1. The molecule has 0 aromatic heterocycles. The fraction of sp³-hybridized carbons (Fsp3) is 0.684. The highest BCUT2D eigenvalue weighted by molar-refractivity contribution is 6.87. The molecule has 1 rings (SSSR count). The van der Waals surface area contributed by atoms with Gasteiger partial charge in [0, 0.05) is 7.11 Å². The first-order valence-corrected chi connectivity index (χ1v) is 19.1. The molecule has 6 nitrogen and oxygen atoms in total. The van der Waals surface area contributed by atoms with Crippen molar-refractivity contribution in [2.24, 2.45) is 0 Å². The third-order valence-electron chi connectivity index (χ3n) is 3.98. The Bertz CT molecular complexity index is 616. The lowest BCUT2D eigenvalue weighted by Crippen LogP contribution is -2.51. The van der Waals surface area contributed by atoms with Crippen molar-refractivity contribution in [2.45, 2.75) is 71.2 Å². The van der Waals surface area contributed by atoms with Crippen LogP contribution in [0, 0.1) is 0 Å². The van der Waals surface area contributed by atoms with Gasteiger partial charge in [-0.25, -0.2) is 0 Å². The minimum Gasteiger partial charge on any atom is -0.493 e. The van der Waals surface area contributed by atoms with Gasteiger partial charge >= 0.3 is 15.0 Å². The first kappa shape index (κ1) is 25.3. The van der Waals surface area contributed by atoms with Gasteiger partial charge in [-0.05, 0) is 82.4 Å². The van der Waals surface area contributed by atoms with Crippen molar-refractivity contribution in [3.05, 3.63) is 23.8 Å². The Morgan fingerprint density at radius 2 is 1.57 bits per heavy atom. The van der Waals surface area contributed by atoms with Crippen molar-refractivity contribution in [1.82, 2.24) is 0 Å². The van der Waals surface area contributed by atoms with E-state index in [2.05, 4.69) is 45.8 Å². The highest BCUT2D eigenvalue weighted by Crippen LogP contribution is 2.30. The van der Waals surface area contributed by atoms with E-state index < -0.39 is 31.7 Å². The maximum atomic E-state index is 9.48. The lowest BCUT2D eigenvalue weighted by atomic mass is 10.1. The molecular weight excluding hydrogens is 408 g/mol. The summed E-state index contributed by atoms with van der Waals surface area (Å²) in [6.07, 6.45) is 1.97. The molecule has 0 heterocycles. The van der Waals surface area contributed by atoms with Gasteiger partial charge in [0.05, 0.1) is 7.11 Å². The van der Waals surface area contributed by atoms with Crippen LogP contribution in [-0.4, -0.2) is 51.0 Å². The molecule has 0 aliphatic rings. The van der Waals surface area contributed by atoms with Crippen LogP contribution < -0.4 is 9.47 Å². The Labute approximate surface area is 173 Å². The van der Waals surface area contributed by atoms with E-state index in [1.54, 1.807) is 13.2 Å². The molecule has 1 aromatic rings. The van der Waals surface area contributed by atoms with Gasteiger partial charge in [0.25, 0.3) is 0 Å². The average molecular weight is 447 g/mol. The maximum absolute atomic E-state index is 9.48.